The van der Waals surface area contributed by atoms with E-state index in [4.69, 9.17) is 9.47 Å². The van der Waals surface area contributed by atoms with Gasteiger partial charge in [-0.15, -0.1) is 0 Å². The van der Waals surface area contributed by atoms with Gasteiger partial charge in [-0.05, 0) is 59.3 Å². The van der Waals surface area contributed by atoms with Crippen LogP contribution in [0.4, 0.5) is 5.69 Å². The summed E-state index contributed by atoms with van der Waals surface area (Å²) < 4.78 is 12.0. The lowest BCUT2D eigenvalue weighted by molar-refractivity contribution is 0.308. The fraction of sp³-hybridized carbons (Fsp3) is 0.188. The topological polar surface area (TPSA) is 42.8 Å². The van der Waals surface area contributed by atoms with E-state index in [0.29, 0.717) is 12.4 Å². The van der Waals surface area contributed by atoms with Crippen molar-refractivity contribution in [2.45, 2.75) is 6.92 Å². The summed E-state index contributed by atoms with van der Waals surface area (Å²) >= 11 is 2.23. The van der Waals surface area contributed by atoms with E-state index in [2.05, 4.69) is 33.1 Å². The molecule has 0 aromatic heterocycles. The summed E-state index contributed by atoms with van der Waals surface area (Å²) in [5.41, 5.74) is 4.88. The van der Waals surface area contributed by atoms with E-state index in [-0.39, 0.29) is 0 Å². The number of halogens is 1. The molecular formula is C16H17IN2O2. The van der Waals surface area contributed by atoms with Gasteiger partial charge < -0.3 is 9.47 Å². The van der Waals surface area contributed by atoms with Crippen molar-refractivity contribution in [2.24, 2.45) is 5.10 Å². The van der Waals surface area contributed by atoms with E-state index in [1.165, 1.54) is 0 Å². The van der Waals surface area contributed by atoms with Gasteiger partial charge in [0.05, 0.1) is 29.2 Å². The van der Waals surface area contributed by atoms with Gasteiger partial charge in [-0.1, -0.05) is 18.2 Å². The van der Waals surface area contributed by atoms with Crippen LogP contribution in [0.1, 0.15) is 12.5 Å². The summed E-state index contributed by atoms with van der Waals surface area (Å²) in [7, 11) is 1.64. The van der Waals surface area contributed by atoms with Gasteiger partial charge in [0.2, 0.25) is 0 Å². The minimum atomic E-state index is 0.607. The number of rotatable bonds is 6. The second-order valence-electron chi connectivity index (χ2n) is 4.20. The number of hydrogen-bond acceptors (Lipinski definition) is 4. The predicted molar refractivity (Wildman–Crippen MR) is 94.5 cm³/mol. The largest absolute Gasteiger partial charge is 0.493 e. The highest BCUT2D eigenvalue weighted by atomic mass is 127. The molecule has 0 amide bonds. The van der Waals surface area contributed by atoms with Crippen LogP contribution in [-0.2, 0) is 0 Å². The molecule has 0 heterocycles. The lowest BCUT2D eigenvalue weighted by atomic mass is 10.2. The van der Waals surface area contributed by atoms with Gasteiger partial charge in [0, 0.05) is 0 Å². The molecule has 0 aliphatic carbocycles. The first kappa shape index (κ1) is 15.6. The second-order valence-corrected chi connectivity index (χ2v) is 5.37. The molecule has 0 radical (unpaired) electrons. The summed E-state index contributed by atoms with van der Waals surface area (Å²) in [4.78, 5) is 0. The molecule has 0 unspecified atom stereocenters. The van der Waals surface area contributed by atoms with E-state index in [1.807, 2.05) is 49.4 Å². The third-order valence-corrected chi connectivity index (χ3v) is 3.52. The van der Waals surface area contributed by atoms with Crippen LogP contribution in [0.3, 0.4) is 0 Å². The third-order valence-electron chi connectivity index (χ3n) is 2.72. The lowest BCUT2D eigenvalue weighted by Gasteiger charge is -2.12. The Labute approximate surface area is 138 Å². The lowest BCUT2D eigenvalue weighted by Crippen LogP contribution is -1.99. The Balaban J connectivity index is 2.15. The molecule has 2 aromatic carbocycles. The Morgan fingerprint density at radius 1 is 1.24 bits per heavy atom. The van der Waals surface area contributed by atoms with E-state index in [0.717, 1.165) is 20.6 Å². The van der Waals surface area contributed by atoms with Gasteiger partial charge in [-0.3, -0.25) is 5.43 Å². The number of hydrazone groups is 1. The average Bonchev–Trinajstić information content (AvgIpc) is 2.51. The summed E-state index contributed by atoms with van der Waals surface area (Å²) in [5, 5.41) is 4.23. The predicted octanol–water partition coefficient (Wildman–Crippen LogP) is 4.14. The van der Waals surface area contributed by atoms with Crippen LogP contribution in [0.25, 0.3) is 0 Å². The first-order chi connectivity index (χ1) is 10.2. The van der Waals surface area contributed by atoms with Gasteiger partial charge in [0.25, 0.3) is 0 Å². The molecule has 0 spiro atoms. The Hall–Kier alpha value is -1.76. The van der Waals surface area contributed by atoms with E-state index in [9.17, 15) is 0 Å². The quantitative estimate of drug-likeness (QED) is 0.453. The molecule has 0 saturated carbocycles. The third kappa shape index (κ3) is 4.35. The standard InChI is InChI=1S/C16H17IN2O2/c1-3-21-16-14(17)9-12(10-15(16)20-2)11-18-19-13-7-5-4-6-8-13/h4-11,19H,3H2,1-2H3. The van der Waals surface area contributed by atoms with Crippen molar-refractivity contribution in [1.82, 2.24) is 0 Å². The van der Waals surface area contributed by atoms with Crippen LogP contribution in [-0.4, -0.2) is 19.9 Å². The minimum absolute atomic E-state index is 0.607. The van der Waals surface area contributed by atoms with Crippen LogP contribution in [0.5, 0.6) is 11.5 Å². The number of hydrogen-bond donors (Lipinski definition) is 1. The van der Waals surface area contributed by atoms with E-state index < -0.39 is 0 Å². The minimum Gasteiger partial charge on any atom is -0.493 e. The Bertz CT molecular complexity index is 615. The highest BCUT2D eigenvalue weighted by Crippen LogP contribution is 2.33. The molecule has 2 rings (SSSR count). The van der Waals surface area contributed by atoms with E-state index in [1.54, 1.807) is 13.3 Å². The molecule has 0 bridgehead atoms. The van der Waals surface area contributed by atoms with Gasteiger partial charge in [0.15, 0.2) is 11.5 Å². The molecule has 0 aliphatic heterocycles. The number of nitrogens with one attached hydrogen (secondary N) is 1. The number of benzene rings is 2. The summed E-state index contributed by atoms with van der Waals surface area (Å²) in [6.45, 7) is 2.56. The number of methoxy groups -OCH3 is 1. The number of anilines is 1. The zero-order chi connectivity index (χ0) is 15.1. The molecule has 0 saturated heterocycles. The first-order valence-corrected chi connectivity index (χ1v) is 7.67. The highest BCUT2D eigenvalue weighted by molar-refractivity contribution is 14.1. The first-order valence-electron chi connectivity index (χ1n) is 6.59. The number of ether oxygens (including phenoxy) is 2. The Kier molecular flexibility index (Phi) is 5.86. The second kappa shape index (κ2) is 7.87. The van der Waals surface area contributed by atoms with Crippen molar-refractivity contribution in [3.8, 4) is 11.5 Å². The molecule has 0 atom stereocenters. The molecule has 4 nitrogen and oxygen atoms in total. The molecule has 0 aliphatic rings. The average molecular weight is 396 g/mol. The summed E-state index contributed by atoms with van der Waals surface area (Å²) in [6.07, 6.45) is 1.76. The van der Waals surface area contributed by atoms with Crippen LogP contribution in [0.2, 0.25) is 0 Å². The summed E-state index contributed by atoms with van der Waals surface area (Å²) in [5.74, 6) is 1.48. The molecule has 1 N–H and O–H groups in total. The van der Waals surface area contributed by atoms with Gasteiger partial charge in [-0.2, -0.15) is 5.10 Å². The maximum atomic E-state index is 5.59. The van der Waals surface area contributed by atoms with Crippen molar-refractivity contribution in [1.29, 1.82) is 0 Å². The monoisotopic (exact) mass is 396 g/mol. The maximum Gasteiger partial charge on any atom is 0.174 e. The van der Waals surface area contributed by atoms with Crippen LogP contribution in [0, 0.1) is 3.57 Å². The molecule has 2 aromatic rings. The van der Waals surface area contributed by atoms with Crippen molar-refractivity contribution < 1.29 is 9.47 Å². The molecule has 110 valence electrons. The number of nitrogens with zero attached hydrogens (tertiary/aromatic N) is 1. The molecular weight excluding hydrogens is 379 g/mol. The molecule has 5 heteroatoms. The van der Waals surface area contributed by atoms with Crippen molar-refractivity contribution in [3.63, 3.8) is 0 Å². The van der Waals surface area contributed by atoms with Gasteiger partial charge in [-0.25, -0.2) is 0 Å². The van der Waals surface area contributed by atoms with Crippen LogP contribution in [0.15, 0.2) is 47.6 Å². The van der Waals surface area contributed by atoms with Crippen molar-refractivity contribution in [3.05, 3.63) is 51.6 Å². The zero-order valence-electron chi connectivity index (χ0n) is 12.0. The normalized spacial score (nSPS) is 10.6. The number of para-hydroxylation sites is 1. The zero-order valence-corrected chi connectivity index (χ0v) is 14.1. The smallest absolute Gasteiger partial charge is 0.174 e. The van der Waals surface area contributed by atoms with Crippen molar-refractivity contribution in [2.75, 3.05) is 19.1 Å². The van der Waals surface area contributed by atoms with Gasteiger partial charge >= 0.3 is 0 Å². The maximum absolute atomic E-state index is 5.59. The molecule has 21 heavy (non-hydrogen) atoms. The Morgan fingerprint density at radius 3 is 2.67 bits per heavy atom. The SMILES string of the molecule is CCOc1c(I)cc(C=NNc2ccccc2)cc1OC. The summed E-state index contributed by atoms with van der Waals surface area (Å²) in [6, 6.07) is 13.7. The van der Waals surface area contributed by atoms with E-state index >= 15 is 0 Å². The Morgan fingerprint density at radius 2 is 2.00 bits per heavy atom. The van der Waals surface area contributed by atoms with Crippen LogP contribution >= 0.6 is 22.6 Å². The van der Waals surface area contributed by atoms with Crippen molar-refractivity contribution >= 4 is 34.5 Å². The van der Waals surface area contributed by atoms with Gasteiger partial charge in [0.1, 0.15) is 0 Å². The fourth-order valence-electron chi connectivity index (χ4n) is 1.79. The highest BCUT2D eigenvalue weighted by Gasteiger charge is 2.10. The molecule has 0 fully saturated rings. The van der Waals surface area contributed by atoms with Crippen LogP contribution < -0.4 is 14.9 Å². The fourth-order valence-corrected chi connectivity index (χ4v) is 2.57.